The Morgan fingerprint density at radius 1 is 1.12 bits per heavy atom. The van der Waals surface area contributed by atoms with E-state index < -0.39 is 0 Å². The van der Waals surface area contributed by atoms with Gasteiger partial charge in [-0.25, -0.2) is 0 Å². The van der Waals surface area contributed by atoms with Crippen molar-refractivity contribution in [2.45, 2.75) is 51.9 Å². The number of halogens is 2. The fourth-order valence-corrected chi connectivity index (χ4v) is 1.64. The molecule has 17 heavy (non-hydrogen) atoms. The first-order valence-corrected chi connectivity index (χ1v) is 6.70. The van der Waals surface area contributed by atoms with Crippen molar-refractivity contribution >= 4 is 0 Å². The Morgan fingerprint density at radius 3 is 2.06 bits per heavy atom. The van der Waals surface area contributed by atoms with Crippen molar-refractivity contribution < 1.29 is 42.2 Å². The molecule has 0 aromatic carbocycles. The zero-order valence-electron chi connectivity index (χ0n) is 10.6. The molecule has 1 aliphatic rings. The van der Waals surface area contributed by atoms with Gasteiger partial charge in [-0.05, 0) is 0 Å². The second-order valence-corrected chi connectivity index (χ2v) is 4.71. The molecular weight excluding hydrogens is 292 g/mol. The van der Waals surface area contributed by atoms with Gasteiger partial charge in [0, 0.05) is 0 Å². The standard InChI is InChI=1S/C8H18N.C5H5.2ClH.V/c1-2-3-4-5-6-7-8-9;1-2-4-5-3-1;;;/h9H,2-8H2,1H3;1-3H,4H2;2*1H;/q-1;;;;+3/p-2. The van der Waals surface area contributed by atoms with Gasteiger partial charge in [0.05, 0.1) is 0 Å². The molecule has 1 N–H and O–H groups in total. The first kappa shape index (κ1) is 22.8. The summed E-state index contributed by atoms with van der Waals surface area (Å²) in [5.74, 6) is 0. The zero-order chi connectivity index (χ0) is 11.4. The number of hydrogen-bond donors (Lipinski definition) is 0. The number of nitrogens with one attached hydrogen (secondary N) is 1. The molecule has 99 valence electrons. The molecule has 1 rings (SSSR count). The third kappa shape index (κ3) is 19.1. The second-order valence-electron chi connectivity index (χ2n) is 3.81. The summed E-state index contributed by atoms with van der Waals surface area (Å²) in [6.07, 6.45) is 15.2. The molecule has 1 nitrogen and oxygen atoms in total. The van der Waals surface area contributed by atoms with Gasteiger partial charge in [0.1, 0.15) is 0 Å². The molecule has 0 aromatic rings. The van der Waals surface area contributed by atoms with Crippen LogP contribution in [-0.4, -0.2) is 6.54 Å². The first-order chi connectivity index (χ1) is 7.31. The number of allylic oxidation sites excluding steroid dienone is 4. The van der Waals surface area contributed by atoms with Gasteiger partial charge in [0.2, 0.25) is 0 Å². The Labute approximate surface area is 128 Å². The average molecular weight is 315 g/mol. The summed E-state index contributed by atoms with van der Waals surface area (Å²) in [7, 11) is 0. The van der Waals surface area contributed by atoms with E-state index in [9.17, 15) is 0 Å². The molecule has 0 amide bonds. The molecule has 0 aliphatic heterocycles. The van der Waals surface area contributed by atoms with Crippen molar-refractivity contribution in [3.63, 3.8) is 0 Å². The second kappa shape index (κ2) is 19.0. The molecule has 0 bridgehead atoms. The van der Waals surface area contributed by atoms with Gasteiger partial charge in [-0.2, -0.15) is 6.54 Å². The van der Waals surface area contributed by atoms with Crippen LogP contribution < -0.4 is 24.8 Å². The fraction of sp³-hybridized carbons (Fsp3) is 0.692. The molecule has 0 saturated carbocycles. The van der Waals surface area contributed by atoms with Crippen LogP contribution in [0.3, 0.4) is 0 Å². The maximum atomic E-state index is 6.88. The predicted octanol–water partition coefficient (Wildman–Crippen LogP) is -1.22. The Hall–Kier alpha value is 0.604. The van der Waals surface area contributed by atoms with Crippen molar-refractivity contribution in [2.75, 3.05) is 6.54 Å². The van der Waals surface area contributed by atoms with Crippen molar-refractivity contribution in [3.8, 4) is 0 Å². The minimum absolute atomic E-state index is 0. The first-order valence-electron chi connectivity index (χ1n) is 6.00. The molecule has 0 unspecified atom stereocenters. The maximum absolute atomic E-state index is 6.88. The van der Waals surface area contributed by atoms with E-state index in [-0.39, 0.29) is 24.8 Å². The van der Waals surface area contributed by atoms with Crippen molar-refractivity contribution in [3.05, 3.63) is 28.2 Å². The van der Waals surface area contributed by atoms with E-state index in [1.807, 2.05) is 0 Å². The third-order valence-corrected chi connectivity index (χ3v) is 2.80. The van der Waals surface area contributed by atoms with Crippen LogP contribution in [0.5, 0.6) is 0 Å². The molecule has 0 atom stereocenters. The van der Waals surface area contributed by atoms with Gasteiger partial charge in [0.25, 0.3) is 0 Å². The van der Waals surface area contributed by atoms with Gasteiger partial charge < -0.3 is 30.5 Å². The molecule has 1 aliphatic carbocycles. The molecule has 4 heteroatoms. The molecule has 0 heterocycles. The average Bonchev–Trinajstić information content (AvgIpc) is 2.70. The topological polar surface area (TPSA) is 23.8 Å². The van der Waals surface area contributed by atoms with Crippen LogP contribution in [0.2, 0.25) is 0 Å². The van der Waals surface area contributed by atoms with Gasteiger partial charge in [-0.1, -0.05) is 45.4 Å². The Morgan fingerprint density at radius 2 is 1.71 bits per heavy atom. The van der Waals surface area contributed by atoms with Crippen molar-refractivity contribution in [1.29, 1.82) is 0 Å². The van der Waals surface area contributed by atoms with Crippen LogP contribution in [0.4, 0.5) is 0 Å². The Bertz CT molecular complexity index is 188. The van der Waals surface area contributed by atoms with E-state index in [2.05, 4.69) is 42.6 Å². The van der Waals surface area contributed by atoms with E-state index >= 15 is 0 Å². The van der Waals surface area contributed by atoms with Crippen LogP contribution >= 0.6 is 0 Å². The quantitative estimate of drug-likeness (QED) is 0.549. The summed E-state index contributed by atoms with van der Waals surface area (Å²) in [5, 5.41) is 0. The van der Waals surface area contributed by atoms with E-state index in [1.54, 1.807) is 0 Å². The fourth-order valence-electron chi connectivity index (χ4n) is 1.34. The van der Waals surface area contributed by atoms with Gasteiger partial charge in [-0.3, -0.25) is 0 Å². The van der Waals surface area contributed by atoms with Gasteiger partial charge >= 0.3 is 46.4 Å². The normalized spacial score (nSPS) is 11.9. The third-order valence-electron chi connectivity index (χ3n) is 2.28. The van der Waals surface area contributed by atoms with Gasteiger partial charge in [0.15, 0.2) is 0 Å². The van der Waals surface area contributed by atoms with E-state index in [0.717, 1.165) is 12.8 Å². The van der Waals surface area contributed by atoms with Crippen LogP contribution in [-0.2, 0) is 17.4 Å². The van der Waals surface area contributed by atoms with E-state index in [1.165, 1.54) is 36.4 Å². The molecule has 0 saturated heterocycles. The number of unbranched alkanes of at least 4 members (excludes halogenated alkanes) is 5. The SMILES string of the molecule is CCCCCCCC[NH-].[Cl-].[Cl-].[V+3][C]1=CC=CC1. The summed E-state index contributed by atoms with van der Waals surface area (Å²) < 4.78 is 1.41. The zero-order valence-corrected chi connectivity index (χ0v) is 13.5. The predicted molar refractivity (Wildman–Crippen MR) is 64.4 cm³/mol. The molecule has 0 spiro atoms. The van der Waals surface area contributed by atoms with Crippen LogP contribution in [0.25, 0.3) is 5.73 Å². The van der Waals surface area contributed by atoms with Crippen LogP contribution in [0.15, 0.2) is 22.5 Å². The number of rotatable bonds is 6. The minimum atomic E-state index is 0. The summed E-state index contributed by atoms with van der Waals surface area (Å²) >= 11 is 2.54. The molecule has 0 fully saturated rings. The van der Waals surface area contributed by atoms with Crippen LogP contribution in [0, 0.1) is 0 Å². The summed E-state index contributed by atoms with van der Waals surface area (Å²) in [4.78, 5) is 0. The monoisotopic (exact) mass is 314 g/mol. The summed E-state index contributed by atoms with van der Waals surface area (Å²) in [6, 6.07) is 0. The summed E-state index contributed by atoms with van der Waals surface area (Å²) in [5.41, 5.74) is 6.88. The van der Waals surface area contributed by atoms with Crippen molar-refractivity contribution in [2.24, 2.45) is 0 Å². The molecule has 0 aromatic heterocycles. The van der Waals surface area contributed by atoms with Gasteiger partial charge in [-0.15, -0.1) is 0 Å². The molecular formula is C13H23Cl2NV. The van der Waals surface area contributed by atoms with E-state index in [4.69, 9.17) is 5.73 Å². The Kier molecular flexibility index (Phi) is 25.4. The molecule has 0 radical (unpaired) electrons. The van der Waals surface area contributed by atoms with E-state index in [0.29, 0.717) is 6.54 Å². The Balaban J connectivity index is -0.000000216. The van der Waals surface area contributed by atoms with Crippen molar-refractivity contribution in [1.82, 2.24) is 0 Å². The summed E-state index contributed by atoms with van der Waals surface area (Å²) in [6.45, 7) is 2.84. The number of hydrogen-bond acceptors (Lipinski definition) is 0. The van der Waals surface area contributed by atoms with Crippen LogP contribution in [0.1, 0.15) is 51.9 Å².